The molecule has 0 fully saturated rings. The van der Waals surface area contributed by atoms with E-state index in [0.29, 0.717) is 18.5 Å². The zero-order valence-corrected chi connectivity index (χ0v) is 11.4. The molecule has 19 heavy (non-hydrogen) atoms. The van der Waals surface area contributed by atoms with Gasteiger partial charge in [-0.3, -0.25) is 9.59 Å². The molecule has 0 spiro atoms. The number of carbonyl (C=O) groups is 2. The third-order valence-electron chi connectivity index (χ3n) is 2.63. The van der Waals surface area contributed by atoms with Gasteiger partial charge in [-0.25, -0.2) is 0 Å². The Morgan fingerprint density at radius 1 is 1.26 bits per heavy atom. The number of benzene rings is 1. The molecule has 0 radical (unpaired) electrons. The Morgan fingerprint density at radius 2 is 1.89 bits per heavy atom. The van der Waals surface area contributed by atoms with E-state index in [-0.39, 0.29) is 11.8 Å². The number of amides is 2. The molecule has 1 rings (SSSR count). The first kappa shape index (κ1) is 15.0. The van der Waals surface area contributed by atoms with Crippen molar-refractivity contribution in [2.75, 3.05) is 5.32 Å². The van der Waals surface area contributed by atoms with E-state index in [1.165, 1.54) is 0 Å². The van der Waals surface area contributed by atoms with Gasteiger partial charge in [0, 0.05) is 12.1 Å². The van der Waals surface area contributed by atoms with Gasteiger partial charge in [0.15, 0.2) is 0 Å². The Balaban J connectivity index is 2.58. The normalized spacial score (nSPS) is 10.6. The van der Waals surface area contributed by atoms with Crippen molar-refractivity contribution >= 4 is 17.5 Å². The van der Waals surface area contributed by atoms with Crippen molar-refractivity contribution in [3.63, 3.8) is 0 Å². The van der Waals surface area contributed by atoms with Crippen LogP contribution in [0, 0.1) is 0 Å². The highest BCUT2D eigenvalue weighted by Gasteiger charge is 2.29. The lowest BCUT2D eigenvalue weighted by Gasteiger charge is -2.25. The smallest absolute Gasteiger partial charge is 0.249 e. The number of hydrogen-bond acceptors (Lipinski definition) is 2. The van der Waals surface area contributed by atoms with E-state index >= 15 is 0 Å². The number of anilines is 1. The number of para-hydroxylation sites is 1. The van der Waals surface area contributed by atoms with Crippen LogP contribution in [0.15, 0.2) is 43.0 Å². The molecule has 0 bridgehead atoms. The van der Waals surface area contributed by atoms with E-state index in [2.05, 4.69) is 17.2 Å². The predicted octanol–water partition coefficient (Wildman–Crippen LogP) is 2.49. The van der Waals surface area contributed by atoms with Gasteiger partial charge in [-0.05, 0) is 32.4 Å². The van der Waals surface area contributed by atoms with Crippen LogP contribution in [-0.2, 0) is 9.59 Å². The van der Waals surface area contributed by atoms with Gasteiger partial charge >= 0.3 is 0 Å². The summed E-state index contributed by atoms with van der Waals surface area (Å²) in [6, 6.07) is 9.15. The molecule has 0 aliphatic carbocycles. The minimum Gasteiger partial charge on any atom is -0.342 e. The summed E-state index contributed by atoms with van der Waals surface area (Å²) in [5.41, 5.74) is -0.241. The zero-order chi connectivity index (χ0) is 14.3. The fraction of sp³-hybridized carbons (Fsp3) is 0.333. The van der Waals surface area contributed by atoms with Gasteiger partial charge < -0.3 is 10.6 Å². The summed E-state index contributed by atoms with van der Waals surface area (Å²) in [5, 5.41) is 5.48. The highest BCUT2D eigenvalue weighted by atomic mass is 16.2. The zero-order valence-electron chi connectivity index (χ0n) is 11.4. The molecule has 0 aliphatic heterocycles. The van der Waals surface area contributed by atoms with Gasteiger partial charge in [-0.1, -0.05) is 24.3 Å². The van der Waals surface area contributed by atoms with Crippen LogP contribution in [0.2, 0.25) is 0 Å². The van der Waals surface area contributed by atoms with Crippen molar-refractivity contribution in [1.29, 1.82) is 0 Å². The fourth-order valence-corrected chi connectivity index (χ4v) is 1.51. The Bertz CT molecular complexity index is 452. The Morgan fingerprint density at radius 3 is 2.47 bits per heavy atom. The second kappa shape index (κ2) is 6.73. The van der Waals surface area contributed by atoms with Gasteiger partial charge in [0.2, 0.25) is 11.8 Å². The molecule has 0 saturated heterocycles. The molecule has 0 aromatic heterocycles. The molecule has 0 heterocycles. The van der Waals surface area contributed by atoms with Gasteiger partial charge in [0.25, 0.3) is 0 Å². The van der Waals surface area contributed by atoms with Crippen LogP contribution in [0.1, 0.15) is 26.7 Å². The van der Waals surface area contributed by atoms with Gasteiger partial charge in [0.1, 0.15) is 5.54 Å². The number of allylic oxidation sites excluding steroid dienone is 1. The molecule has 0 saturated carbocycles. The highest BCUT2D eigenvalue weighted by molar-refractivity contribution is 5.99. The first-order valence-corrected chi connectivity index (χ1v) is 6.24. The molecule has 102 valence electrons. The van der Waals surface area contributed by atoms with Crippen molar-refractivity contribution in [3.05, 3.63) is 43.0 Å². The minimum absolute atomic E-state index is 0.159. The van der Waals surface area contributed by atoms with E-state index in [1.807, 2.05) is 18.2 Å². The standard InChI is InChI=1S/C15H20N2O2/c1-4-5-11-13(18)17-15(2,3)14(19)16-12-9-7-6-8-10-12/h4,6-10H,1,5,11H2,2-3H3,(H,16,19)(H,17,18). The Kier molecular flexibility index (Phi) is 5.30. The first-order valence-electron chi connectivity index (χ1n) is 6.24. The maximum absolute atomic E-state index is 12.1. The summed E-state index contributed by atoms with van der Waals surface area (Å²) in [5.74, 6) is -0.404. The van der Waals surface area contributed by atoms with Crippen LogP contribution in [0.25, 0.3) is 0 Å². The number of nitrogens with one attached hydrogen (secondary N) is 2. The summed E-state index contributed by atoms with van der Waals surface area (Å²) in [6.45, 7) is 6.92. The maximum atomic E-state index is 12.1. The summed E-state index contributed by atoms with van der Waals surface area (Å²) in [7, 11) is 0. The molecular formula is C15H20N2O2. The van der Waals surface area contributed by atoms with Crippen LogP contribution in [0.3, 0.4) is 0 Å². The second-order valence-electron chi connectivity index (χ2n) is 4.82. The van der Waals surface area contributed by atoms with E-state index in [1.54, 1.807) is 32.1 Å². The fourth-order valence-electron chi connectivity index (χ4n) is 1.51. The molecule has 4 heteroatoms. The van der Waals surface area contributed by atoms with Crippen molar-refractivity contribution < 1.29 is 9.59 Å². The SMILES string of the molecule is C=CCCC(=O)NC(C)(C)C(=O)Nc1ccccc1. The molecular weight excluding hydrogens is 240 g/mol. The first-order chi connectivity index (χ1) is 8.95. The van der Waals surface area contributed by atoms with Gasteiger partial charge in [-0.2, -0.15) is 0 Å². The Labute approximate surface area is 113 Å². The quantitative estimate of drug-likeness (QED) is 0.772. The lowest BCUT2D eigenvalue weighted by Crippen LogP contribution is -2.52. The van der Waals surface area contributed by atoms with Gasteiger partial charge in [0.05, 0.1) is 0 Å². The Hall–Kier alpha value is -2.10. The number of carbonyl (C=O) groups excluding carboxylic acids is 2. The molecule has 1 aromatic rings. The van der Waals surface area contributed by atoms with E-state index in [4.69, 9.17) is 0 Å². The molecule has 0 unspecified atom stereocenters. The monoisotopic (exact) mass is 260 g/mol. The van der Waals surface area contributed by atoms with E-state index in [0.717, 1.165) is 0 Å². The molecule has 2 N–H and O–H groups in total. The molecule has 0 aliphatic rings. The lowest BCUT2D eigenvalue weighted by atomic mass is 10.0. The summed E-state index contributed by atoms with van der Waals surface area (Å²) in [6.07, 6.45) is 2.62. The van der Waals surface area contributed by atoms with E-state index < -0.39 is 5.54 Å². The van der Waals surface area contributed by atoms with Crippen molar-refractivity contribution in [3.8, 4) is 0 Å². The highest BCUT2D eigenvalue weighted by Crippen LogP contribution is 2.10. The van der Waals surface area contributed by atoms with E-state index in [9.17, 15) is 9.59 Å². The van der Waals surface area contributed by atoms with Crippen LogP contribution < -0.4 is 10.6 Å². The number of rotatable bonds is 6. The maximum Gasteiger partial charge on any atom is 0.249 e. The number of hydrogen-bond donors (Lipinski definition) is 2. The van der Waals surface area contributed by atoms with Crippen LogP contribution in [0.5, 0.6) is 0 Å². The molecule has 1 aromatic carbocycles. The third kappa shape index (κ3) is 4.95. The minimum atomic E-state index is -0.950. The summed E-state index contributed by atoms with van der Waals surface area (Å²) >= 11 is 0. The third-order valence-corrected chi connectivity index (χ3v) is 2.63. The topological polar surface area (TPSA) is 58.2 Å². The molecule has 4 nitrogen and oxygen atoms in total. The lowest BCUT2D eigenvalue weighted by molar-refractivity contribution is -0.129. The molecule has 0 atom stereocenters. The predicted molar refractivity (Wildman–Crippen MR) is 76.7 cm³/mol. The second-order valence-corrected chi connectivity index (χ2v) is 4.82. The van der Waals surface area contributed by atoms with Crippen LogP contribution in [-0.4, -0.2) is 17.4 Å². The largest absolute Gasteiger partial charge is 0.342 e. The van der Waals surface area contributed by atoms with Crippen molar-refractivity contribution in [2.24, 2.45) is 0 Å². The van der Waals surface area contributed by atoms with Crippen LogP contribution >= 0.6 is 0 Å². The van der Waals surface area contributed by atoms with Crippen LogP contribution in [0.4, 0.5) is 5.69 Å². The summed E-state index contributed by atoms with van der Waals surface area (Å²) < 4.78 is 0. The van der Waals surface area contributed by atoms with Gasteiger partial charge in [-0.15, -0.1) is 6.58 Å². The molecule has 2 amide bonds. The average Bonchev–Trinajstić information content (AvgIpc) is 2.37. The van der Waals surface area contributed by atoms with Crippen molar-refractivity contribution in [1.82, 2.24) is 5.32 Å². The van der Waals surface area contributed by atoms with Crippen molar-refractivity contribution in [2.45, 2.75) is 32.2 Å². The average molecular weight is 260 g/mol. The summed E-state index contributed by atoms with van der Waals surface area (Å²) in [4.78, 5) is 23.7.